The molecular formula is F6O18P6U2-12. The Morgan fingerprint density at radius 1 is 0.281 bits per heavy atom. The summed E-state index contributed by atoms with van der Waals surface area (Å²) in [5, 5.41) is 0. The minimum absolute atomic E-state index is 0. The van der Waals surface area contributed by atoms with Crippen LogP contribution in [0.3, 0.4) is 0 Å². The molecule has 0 saturated carbocycles. The van der Waals surface area contributed by atoms with Crippen molar-refractivity contribution < 1.29 is 174 Å². The van der Waals surface area contributed by atoms with Crippen LogP contribution in [0.2, 0.25) is 0 Å². The van der Waals surface area contributed by atoms with Crippen LogP contribution >= 0.6 is 47.4 Å². The zero-order chi connectivity index (χ0) is 27.0. The Morgan fingerprint density at radius 3 is 0.281 bits per heavy atom. The quantitative estimate of drug-likeness (QED) is 0.161. The number of rotatable bonds is 0. The van der Waals surface area contributed by atoms with E-state index in [0.717, 1.165) is 0 Å². The Bertz CT molecular complexity index is 484. The smallest absolute Gasteiger partial charge is 0.110 e. The van der Waals surface area contributed by atoms with Crippen LogP contribution in [0, 0.1) is 62.2 Å². The van der Waals surface area contributed by atoms with Crippen LogP contribution in [-0.4, -0.2) is 0 Å². The second kappa shape index (κ2) is 24.0. The van der Waals surface area contributed by atoms with Crippen molar-refractivity contribution in [2.75, 3.05) is 0 Å². The van der Waals surface area contributed by atoms with Gasteiger partial charge in [0.05, 0.1) is 0 Å². The van der Waals surface area contributed by atoms with Crippen molar-refractivity contribution in [3.63, 3.8) is 0 Å². The molecule has 0 N–H and O–H groups in total. The van der Waals surface area contributed by atoms with E-state index >= 15 is 0 Å². The van der Waals surface area contributed by atoms with Crippen molar-refractivity contribution in [3.05, 3.63) is 0 Å². The second-order valence-electron chi connectivity index (χ2n) is 2.58. The van der Waals surface area contributed by atoms with Gasteiger partial charge in [-0.15, -0.1) is 0 Å². The minimum atomic E-state index is -5.64. The van der Waals surface area contributed by atoms with Gasteiger partial charge in [0, 0.05) is 62.2 Å². The van der Waals surface area contributed by atoms with E-state index in [2.05, 4.69) is 0 Å². The topological polar surface area (TPSA) is 379 Å². The Hall–Kier alpha value is 2.58. The SMILES string of the molecule is O=P([O-])([O-])F.O=P([O-])([O-])F.O=P([O-])([O-])F.O=P([O-])([O-])F.O=P([O-])([O-])F.O=P([O-])([O-])F.[U].[U]. The summed E-state index contributed by atoms with van der Waals surface area (Å²) in [4.78, 5) is 101. The van der Waals surface area contributed by atoms with E-state index in [1.54, 1.807) is 0 Å². The third kappa shape index (κ3) is 4870. The molecule has 0 rings (SSSR count). The Morgan fingerprint density at radius 2 is 0.281 bits per heavy atom. The Balaban J connectivity index is -0.0000000356. The average Bonchev–Trinajstić information content (AvgIpc) is 1.94. The van der Waals surface area contributed by atoms with E-state index in [4.69, 9.17) is 86.1 Å². The number of halogens is 6. The maximum atomic E-state index is 10.1. The van der Waals surface area contributed by atoms with Gasteiger partial charge in [-0.1, -0.05) is 0 Å². The van der Waals surface area contributed by atoms with Gasteiger partial charge in [-0.25, -0.2) is 25.2 Å². The molecule has 32 heteroatoms. The second-order valence-corrected chi connectivity index (χ2v) is 7.75. The van der Waals surface area contributed by atoms with Crippen LogP contribution < -0.4 is 58.7 Å². The van der Waals surface area contributed by atoms with Gasteiger partial charge >= 0.3 is 0 Å². The van der Waals surface area contributed by atoms with Gasteiger partial charge in [-0.2, -0.15) is 0 Å². The first-order valence-electron chi connectivity index (χ1n) is 4.30. The molecule has 0 spiro atoms. The van der Waals surface area contributed by atoms with Crippen molar-refractivity contribution in [3.8, 4) is 0 Å². The first kappa shape index (κ1) is 55.2. The van der Waals surface area contributed by atoms with E-state index in [1.807, 2.05) is 0 Å². The van der Waals surface area contributed by atoms with Crippen molar-refractivity contribution >= 4 is 47.4 Å². The van der Waals surface area contributed by atoms with E-state index in [0.29, 0.717) is 0 Å². The molecule has 0 amide bonds. The van der Waals surface area contributed by atoms with Crippen LogP contribution in [0.15, 0.2) is 0 Å². The fourth-order valence-electron chi connectivity index (χ4n) is 0. The molecule has 0 bridgehead atoms. The molecule has 0 aliphatic heterocycles. The first-order valence-corrected chi connectivity index (χ1v) is 12.9. The van der Waals surface area contributed by atoms with Crippen LogP contribution in [0.4, 0.5) is 25.2 Å². The Kier molecular flexibility index (Phi) is 41.3. The van der Waals surface area contributed by atoms with Gasteiger partial charge in [0.2, 0.25) is 0 Å². The fourth-order valence-corrected chi connectivity index (χ4v) is 0. The van der Waals surface area contributed by atoms with E-state index in [9.17, 15) is 25.2 Å². The van der Waals surface area contributed by atoms with E-state index in [1.165, 1.54) is 0 Å². The fraction of sp³-hybridized carbons (Fsp3) is 0. The molecule has 0 atom stereocenters. The largest absolute Gasteiger partial charge is 0.786 e. The van der Waals surface area contributed by atoms with Gasteiger partial charge in [-0.3, -0.25) is 0 Å². The molecule has 0 unspecified atom stereocenters. The average molecular weight is 1060 g/mol. The molecule has 18 nitrogen and oxygen atoms in total. The predicted molar refractivity (Wildman–Crippen MR) is 52.3 cm³/mol. The van der Waals surface area contributed by atoms with E-state index in [-0.39, 0.29) is 62.2 Å². The summed E-state index contributed by atoms with van der Waals surface area (Å²) in [6.07, 6.45) is 0. The van der Waals surface area contributed by atoms with Crippen molar-refractivity contribution in [2.24, 2.45) is 0 Å². The van der Waals surface area contributed by atoms with Crippen LogP contribution in [0.25, 0.3) is 0 Å². The van der Waals surface area contributed by atoms with Gasteiger partial charge in [-0.05, 0) is 0 Å². The van der Waals surface area contributed by atoms with Crippen LogP contribution in [0.1, 0.15) is 0 Å². The van der Waals surface area contributed by atoms with Gasteiger partial charge in [0.1, 0.15) is 47.4 Å². The molecule has 0 aliphatic carbocycles. The summed E-state index contributed by atoms with van der Waals surface area (Å²) in [6.45, 7) is 0. The molecule has 0 saturated heterocycles. The monoisotopic (exact) mass is 1060 g/mol. The van der Waals surface area contributed by atoms with Gasteiger partial charge in [0.25, 0.3) is 0 Å². The predicted octanol–water partition coefficient (Wildman–Crippen LogP) is -7.29. The third-order valence-corrected chi connectivity index (χ3v) is 0. The molecule has 0 aromatic rings. The summed E-state index contributed by atoms with van der Waals surface area (Å²) < 4.78 is 111. The van der Waals surface area contributed by atoms with Gasteiger partial charge in [0.15, 0.2) is 0 Å². The zero-order valence-electron chi connectivity index (χ0n) is 13.3. The summed E-state index contributed by atoms with van der Waals surface area (Å²) in [5.41, 5.74) is 0. The van der Waals surface area contributed by atoms with Crippen molar-refractivity contribution in [1.29, 1.82) is 0 Å². The zero-order valence-corrected chi connectivity index (χ0v) is 27.0. The molecule has 32 heavy (non-hydrogen) atoms. The standard InChI is InChI=1S/6FH2O3P.2U/c6*1-5(2,3)4;;/h6*(H2,2,3,4);;/p-12. The summed E-state index contributed by atoms with van der Waals surface area (Å²) in [6, 6.07) is 0. The molecule has 0 aliphatic rings. The first-order chi connectivity index (χ1) is 12.0. The maximum absolute atomic E-state index is 10.1. The molecule has 200 valence electrons. The van der Waals surface area contributed by atoms with Crippen LogP contribution in [0.5, 0.6) is 0 Å². The molecule has 0 aromatic heterocycles. The van der Waals surface area contributed by atoms with E-state index < -0.39 is 47.4 Å². The van der Waals surface area contributed by atoms with Crippen molar-refractivity contribution in [2.45, 2.75) is 0 Å². The summed E-state index contributed by atoms with van der Waals surface area (Å²) in [5.74, 6) is 0. The Labute approximate surface area is 219 Å². The minimum Gasteiger partial charge on any atom is -0.786 e. The van der Waals surface area contributed by atoms with Gasteiger partial charge < -0.3 is 86.1 Å². The third-order valence-electron chi connectivity index (χ3n) is 0. The number of hydrogen-bond acceptors (Lipinski definition) is 18. The van der Waals surface area contributed by atoms with Crippen LogP contribution in [-0.2, 0) is 27.4 Å². The molecule has 0 fully saturated rings. The molecule has 0 heterocycles. The maximum Gasteiger partial charge on any atom is 0.110 e. The molecule has 0 aromatic carbocycles. The number of hydrogen-bond donors (Lipinski definition) is 0. The van der Waals surface area contributed by atoms with Crippen molar-refractivity contribution in [1.82, 2.24) is 0 Å². The molecule has 0 radical (unpaired) electrons. The summed E-state index contributed by atoms with van der Waals surface area (Å²) in [7, 11) is -33.8. The molecular weight excluding hydrogens is 1060 g/mol. The summed E-state index contributed by atoms with van der Waals surface area (Å²) >= 11 is 0. The normalized spacial score (nSPS) is 11.1.